The van der Waals surface area contributed by atoms with Gasteiger partial charge >= 0.3 is 0 Å². The molecule has 0 bridgehead atoms. The van der Waals surface area contributed by atoms with Crippen molar-refractivity contribution in [2.45, 2.75) is 26.7 Å². The highest BCUT2D eigenvalue weighted by Gasteiger charge is 2.20. The fraction of sp³-hybridized carbons (Fsp3) is 0.316. The second kappa shape index (κ2) is 7.03. The molecule has 0 atom stereocenters. The molecule has 3 rings (SSSR count). The number of aryl methyl sites for hydroxylation is 1. The van der Waals surface area contributed by atoms with Crippen molar-refractivity contribution in [3.05, 3.63) is 41.2 Å². The van der Waals surface area contributed by atoms with Crippen molar-refractivity contribution >= 4 is 22.7 Å². The van der Waals surface area contributed by atoms with Gasteiger partial charge in [0.05, 0.1) is 36.6 Å². The number of hydrogen-bond donors (Lipinski definition) is 1. The maximum absolute atomic E-state index is 13.0. The van der Waals surface area contributed by atoms with E-state index in [0.29, 0.717) is 39.5 Å². The Hall–Kier alpha value is -3.09. The summed E-state index contributed by atoms with van der Waals surface area (Å²) in [4.78, 5) is 17.4. The number of aromatic nitrogens is 2. The van der Waals surface area contributed by atoms with E-state index in [2.05, 4.69) is 15.5 Å². The van der Waals surface area contributed by atoms with Gasteiger partial charge in [0.2, 0.25) is 0 Å². The first kappa shape index (κ1) is 17.7. The quantitative estimate of drug-likeness (QED) is 0.746. The maximum Gasteiger partial charge on any atom is 0.259 e. The zero-order chi connectivity index (χ0) is 18.8. The SMILES string of the molecule is COc1ccc(NC(=O)c2cc(C(C)C)nc3onc(C)c23)c(OC)c1. The van der Waals surface area contributed by atoms with Crippen molar-refractivity contribution in [2.75, 3.05) is 19.5 Å². The number of methoxy groups -OCH3 is 2. The van der Waals surface area contributed by atoms with E-state index < -0.39 is 0 Å². The summed E-state index contributed by atoms with van der Waals surface area (Å²) in [5.41, 5.74) is 2.76. The summed E-state index contributed by atoms with van der Waals surface area (Å²) in [5.74, 6) is 1.01. The van der Waals surface area contributed by atoms with Crippen LogP contribution in [0.25, 0.3) is 11.1 Å². The summed E-state index contributed by atoms with van der Waals surface area (Å²) in [5, 5.41) is 7.44. The number of pyridine rings is 1. The van der Waals surface area contributed by atoms with Crippen LogP contribution in [0.15, 0.2) is 28.8 Å². The standard InChI is InChI=1S/C19H21N3O4/c1-10(2)15-9-13(17-11(3)22-26-19(17)21-15)18(23)20-14-7-6-12(24-4)8-16(14)25-5/h6-10H,1-5H3,(H,20,23). The number of hydrogen-bond acceptors (Lipinski definition) is 6. The van der Waals surface area contributed by atoms with E-state index in [4.69, 9.17) is 14.0 Å². The van der Waals surface area contributed by atoms with Crippen molar-refractivity contribution in [3.63, 3.8) is 0 Å². The molecule has 26 heavy (non-hydrogen) atoms. The van der Waals surface area contributed by atoms with Gasteiger partial charge in [-0.05, 0) is 31.0 Å². The largest absolute Gasteiger partial charge is 0.497 e. The number of rotatable bonds is 5. The van der Waals surface area contributed by atoms with Gasteiger partial charge in [-0.2, -0.15) is 0 Å². The molecule has 0 aliphatic heterocycles. The molecule has 1 amide bonds. The first-order valence-corrected chi connectivity index (χ1v) is 8.25. The van der Waals surface area contributed by atoms with Crippen LogP contribution in [-0.2, 0) is 0 Å². The molecule has 136 valence electrons. The number of nitrogens with zero attached hydrogens (tertiary/aromatic N) is 2. The van der Waals surface area contributed by atoms with Crippen LogP contribution >= 0.6 is 0 Å². The van der Waals surface area contributed by atoms with Crippen molar-refractivity contribution in [2.24, 2.45) is 0 Å². The maximum atomic E-state index is 13.0. The van der Waals surface area contributed by atoms with E-state index in [-0.39, 0.29) is 11.8 Å². The Bertz CT molecular complexity index is 963. The van der Waals surface area contributed by atoms with Gasteiger partial charge in [0.25, 0.3) is 11.6 Å². The van der Waals surface area contributed by atoms with Crippen LogP contribution < -0.4 is 14.8 Å². The molecule has 0 saturated carbocycles. The molecular formula is C19H21N3O4. The number of carbonyl (C=O) groups is 1. The summed E-state index contributed by atoms with van der Waals surface area (Å²) in [7, 11) is 3.11. The van der Waals surface area contributed by atoms with Crippen LogP contribution in [0.2, 0.25) is 0 Å². The minimum Gasteiger partial charge on any atom is -0.497 e. The van der Waals surface area contributed by atoms with Crippen LogP contribution in [0.3, 0.4) is 0 Å². The van der Waals surface area contributed by atoms with Crippen molar-refractivity contribution in [1.29, 1.82) is 0 Å². The lowest BCUT2D eigenvalue weighted by Crippen LogP contribution is -2.14. The van der Waals surface area contributed by atoms with E-state index >= 15 is 0 Å². The number of benzene rings is 1. The normalized spacial score (nSPS) is 11.0. The Balaban J connectivity index is 2.04. The molecule has 0 unspecified atom stereocenters. The van der Waals surface area contributed by atoms with Gasteiger partial charge in [-0.3, -0.25) is 4.79 Å². The average Bonchev–Trinajstić information content (AvgIpc) is 3.02. The molecular weight excluding hydrogens is 334 g/mol. The molecule has 2 aromatic heterocycles. The molecule has 0 saturated heterocycles. The van der Waals surface area contributed by atoms with Crippen molar-refractivity contribution in [3.8, 4) is 11.5 Å². The summed E-state index contributed by atoms with van der Waals surface area (Å²) in [6.45, 7) is 5.80. The molecule has 0 fully saturated rings. The van der Waals surface area contributed by atoms with Gasteiger partial charge in [0.1, 0.15) is 11.5 Å². The minimum absolute atomic E-state index is 0.145. The highest BCUT2D eigenvalue weighted by atomic mass is 16.5. The van der Waals surface area contributed by atoms with Crippen LogP contribution in [0.1, 0.15) is 41.5 Å². The summed E-state index contributed by atoms with van der Waals surface area (Å²) in [6.07, 6.45) is 0. The summed E-state index contributed by atoms with van der Waals surface area (Å²) < 4.78 is 15.8. The van der Waals surface area contributed by atoms with E-state index in [0.717, 1.165) is 5.69 Å². The van der Waals surface area contributed by atoms with Crippen molar-refractivity contribution in [1.82, 2.24) is 10.1 Å². The molecule has 3 aromatic rings. The molecule has 1 N–H and O–H groups in total. The number of carbonyl (C=O) groups excluding carboxylic acids is 1. The molecule has 7 nitrogen and oxygen atoms in total. The Morgan fingerprint density at radius 2 is 1.96 bits per heavy atom. The highest BCUT2D eigenvalue weighted by Crippen LogP contribution is 2.31. The van der Waals surface area contributed by atoms with Crippen LogP contribution in [-0.4, -0.2) is 30.3 Å². The third-order valence-corrected chi connectivity index (χ3v) is 4.13. The van der Waals surface area contributed by atoms with Gasteiger partial charge in [-0.15, -0.1) is 0 Å². The summed E-state index contributed by atoms with van der Waals surface area (Å²) in [6, 6.07) is 6.98. The second-order valence-corrected chi connectivity index (χ2v) is 6.22. The van der Waals surface area contributed by atoms with Crippen LogP contribution in [0, 0.1) is 6.92 Å². The van der Waals surface area contributed by atoms with Gasteiger partial charge in [-0.1, -0.05) is 19.0 Å². The number of nitrogens with one attached hydrogen (secondary N) is 1. The van der Waals surface area contributed by atoms with E-state index in [1.807, 2.05) is 13.8 Å². The molecule has 0 spiro atoms. The minimum atomic E-state index is -0.283. The molecule has 0 aliphatic rings. The molecule has 1 aromatic carbocycles. The van der Waals surface area contributed by atoms with Crippen LogP contribution in [0.5, 0.6) is 11.5 Å². The lowest BCUT2D eigenvalue weighted by Gasteiger charge is -2.13. The zero-order valence-electron chi connectivity index (χ0n) is 15.4. The van der Waals surface area contributed by atoms with Gasteiger partial charge in [0, 0.05) is 11.8 Å². The first-order chi connectivity index (χ1) is 12.4. The predicted octanol–water partition coefficient (Wildman–Crippen LogP) is 3.92. The topological polar surface area (TPSA) is 86.5 Å². The van der Waals surface area contributed by atoms with Crippen LogP contribution in [0.4, 0.5) is 5.69 Å². The Morgan fingerprint density at radius 3 is 2.62 bits per heavy atom. The van der Waals surface area contributed by atoms with E-state index in [1.165, 1.54) is 7.11 Å². The zero-order valence-corrected chi connectivity index (χ0v) is 15.4. The smallest absolute Gasteiger partial charge is 0.259 e. The Kier molecular flexibility index (Phi) is 4.79. The summed E-state index contributed by atoms with van der Waals surface area (Å²) >= 11 is 0. The number of fused-ring (bicyclic) bond motifs is 1. The van der Waals surface area contributed by atoms with Crippen molar-refractivity contribution < 1.29 is 18.8 Å². The van der Waals surface area contributed by atoms with Gasteiger partial charge < -0.3 is 19.3 Å². The Morgan fingerprint density at radius 1 is 1.19 bits per heavy atom. The first-order valence-electron chi connectivity index (χ1n) is 8.25. The third kappa shape index (κ3) is 3.20. The average molecular weight is 355 g/mol. The van der Waals surface area contributed by atoms with E-state index in [1.54, 1.807) is 38.3 Å². The van der Waals surface area contributed by atoms with E-state index in [9.17, 15) is 4.79 Å². The molecule has 0 aliphatic carbocycles. The third-order valence-electron chi connectivity index (χ3n) is 4.13. The fourth-order valence-corrected chi connectivity index (χ4v) is 2.68. The lowest BCUT2D eigenvalue weighted by molar-refractivity contribution is 0.102. The second-order valence-electron chi connectivity index (χ2n) is 6.22. The fourth-order valence-electron chi connectivity index (χ4n) is 2.68. The highest BCUT2D eigenvalue weighted by molar-refractivity contribution is 6.12. The molecule has 0 radical (unpaired) electrons. The number of anilines is 1. The molecule has 7 heteroatoms. The van der Waals surface area contributed by atoms with Gasteiger partial charge in [-0.25, -0.2) is 4.98 Å². The lowest BCUT2D eigenvalue weighted by atomic mass is 10.0. The predicted molar refractivity (Wildman–Crippen MR) is 98.1 cm³/mol. The monoisotopic (exact) mass is 355 g/mol. The molecule has 2 heterocycles. The Labute approximate surface area is 151 Å². The number of amides is 1. The van der Waals surface area contributed by atoms with Gasteiger partial charge in [0.15, 0.2) is 0 Å². The number of ether oxygens (including phenoxy) is 2.